The highest BCUT2D eigenvalue weighted by atomic mass is 16.5. The van der Waals surface area contributed by atoms with Crippen LogP contribution in [-0.4, -0.2) is 18.9 Å². The minimum absolute atomic E-state index is 0.153. The third-order valence-corrected chi connectivity index (χ3v) is 3.26. The Morgan fingerprint density at radius 1 is 1.53 bits per heavy atom. The maximum atomic E-state index is 12.4. The summed E-state index contributed by atoms with van der Waals surface area (Å²) in [5, 5.41) is 0. The van der Waals surface area contributed by atoms with E-state index in [1.807, 2.05) is 12.1 Å². The maximum Gasteiger partial charge on any atom is 0.320 e. The van der Waals surface area contributed by atoms with E-state index >= 15 is 0 Å². The average Bonchev–Trinajstić information content (AvgIpc) is 2.64. The van der Waals surface area contributed by atoms with E-state index in [0.717, 1.165) is 5.56 Å². The lowest BCUT2D eigenvalue weighted by atomic mass is 9.80. The van der Waals surface area contributed by atoms with Crippen LogP contribution in [0.2, 0.25) is 0 Å². The van der Waals surface area contributed by atoms with Crippen molar-refractivity contribution in [2.24, 2.45) is 5.41 Å². The molecule has 1 atom stereocenters. The van der Waals surface area contributed by atoms with Crippen molar-refractivity contribution in [1.29, 1.82) is 0 Å². The third kappa shape index (κ3) is 1.58. The summed E-state index contributed by atoms with van der Waals surface area (Å²) in [6, 6.07) is 7.30. The van der Waals surface area contributed by atoms with E-state index in [9.17, 15) is 9.59 Å². The Labute approximate surface area is 100 Å². The lowest BCUT2D eigenvalue weighted by molar-refractivity contribution is -0.149. The summed E-state index contributed by atoms with van der Waals surface area (Å²) >= 11 is 0. The van der Waals surface area contributed by atoms with Crippen molar-refractivity contribution in [3.63, 3.8) is 0 Å². The van der Waals surface area contributed by atoms with Gasteiger partial charge in [0.15, 0.2) is 5.78 Å². The molecule has 0 aliphatic heterocycles. The SMILES string of the molecule is C=CCC1(C(=O)OC)Cc2ccccc2C1=O. The van der Waals surface area contributed by atoms with E-state index in [1.165, 1.54) is 7.11 Å². The van der Waals surface area contributed by atoms with Crippen LogP contribution >= 0.6 is 0 Å². The molecule has 0 heterocycles. The van der Waals surface area contributed by atoms with Crippen LogP contribution in [0.4, 0.5) is 0 Å². The smallest absolute Gasteiger partial charge is 0.320 e. The second-order valence-corrected chi connectivity index (χ2v) is 4.23. The summed E-state index contributed by atoms with van der Waals surface area (Å²) in [5.41, 5.74) is 0.435. The zero-order chi connectivity index (χ0) is 12.5. The van der Waals surface area contributed by atoms with Crippen LogP contribution in [0, 0.1) is 5.41 Å². The predicted octanol–water partition coefficient (Wildman–Crippen LogP) is 2.16. The van der Waals surface area contributed by atoms with Gasteiger partial charge in [0.1, 0.15) is 5.41 Å². The van der Waals surface area contributed by atoms with E-state index in [2.05, 4.69) is 6.58 Å². The quantitative estimate of drug-likeness (QED) is 0.454. The Morgan fingerprint density at radius 2 is 2.24 bits per heavy atom. The van der Waals surface area contributed by atoms with Gasteiger partial charge in [-0.25, -0.2) is 0 Å². The van der Waals surface area contributed by atoms with Gasteiger partial charge in [-0.1, -0.05) is 30.3 Å². The summed E-state index contributed by atoms with van der Waals surface area (Å²) in [5.74, 6) is -0.626. The van der Waals surface area contributed by atoms with Crippen LogP contribution in [0.5, 0.6) is 0 Å². The largest absolute Gasteiger partial charge is 0.468 e. The Hall–Kier alpha value is -1.90. The number of hydrogen-bond acceptors (Lipinski definition) is 3. The lowest BCUT2D eigenvalue weighted by Gasteiger charge is -2.22. The molecule has 1 aliphatic rings. The van der Waals surface area contributed by atoms with Crippen LogP contribution in [0.15, 0.2) is 36.9 Å². The van der Waals surface area contributed by atoms with E-state index < -0.39 is 11.4 Å². The Balaban J connectivity index is 2.50. The predicted molar refractivity (Wildman–Crippen MR) is 63.7 cm³/mol. The van der Waals surface area contributed by atoms with Crippen LogP contribution < -0.4 is 0 Å². The van der Waals surface area contributed by atoms with Crippen LogP contribution in [0.3, 0.4) is 0 Å². The molecular weight excluding hydrogens is 216 g/mol. The van der Waals surface area contributed by atoms with Crippen molar-refractivity contribution >= 4 is 11.8 Å². The number of fused-ring (bicyclic) bond motifs is 1. The number of hydrogen-bond donors (Lipinski definition) is 0. The summed E-state index contributed by atoms with van der Waals surface area (Å²) in [6.07, 6.45) is 2.31. The molecule has 17 heavy (non-hydrogen) atoms. The summed E-state index contributed by atoms with van der Waals surface area (Å²) in [6.45, 7) is 3.62. The number of methoxy groups -OCH3 is 1. The molecule has 0 fully saturated rings. The van der Waals surface area contributed by atoms with Gasteiger partial charge in [-0.2, -0.15) is 0 Å². The average molecular weight is 230 g/mol. The molecule has 0 saturated carbocycles. The fourth-order valence-electron chi connectivity index (χ4n) is 2.41. The summed E-state index contributed by atoms with van der Waals surface area (Å²) < 4.78 is 4.78. The first-order valence-corrected chi connectivity index (χ1v) is 5.48. The number of carbonyl (C=O) groups excluding carboxylic acids is 2. The topological polar surface area (TPSA) is 43.4 Å². The van der Waals surface area contributed by atoms with E-state index in [-0.39, 0.29) is 5.78 Å². The molecule has 0 amide bonds. The number of ketones is 1. The molecule has 1 unspecified atom stereocenters. The van der Waals surface area contributed by atoms with Crippen LogP contribution in [0.25, 0.3) is 0 Å². The normalized spacial score (nSPS) is 22.1. The number of allylic oxidation sites excluding steroid dienone is 1. The fourth-order valence-corrected chi connectivity index (χ4v) is 2.41. The minimum atomic E-state index is -1.10. The first-order chi connectivity index (χ1) is 8.15. The zero-order valence-electron chi connectivity index (χ0n) is 9.73. The molecular formula is C14H14O3. The molecule has 0 radical (unpaired) electrons. The molecule has 3 nitrogen and oxygen atoms in total. The Bertz CT molecular complexity index is 490. The molecule has 88 valence electrons. The van der Waals surface area contributed by atoms with Crippen molar-refractivity contribution < 1.29 is 14.3 Å². The van der Waals surface area contributed by atoms with E-state index in [4.69, 9.17) is 4.74 Å². The molecule has 3 heteroatoms. The van der Waals surface area contributed by atoms with Gasteiger partial charge in [0, 0.05) is 5.56 Å². The second-order valence-electron chi connectivity index (χ2n) is 4.23. The van der Waals surface area contributed by atoms with Gasteiger partial charge in [-0.05, 0) is 18.4 Å². The number of carbonyl (C=O) groups is 2. The van der Waals surface area contributed by atoms with Gasteiger partial charge in [-0.3, -0.25) is 9.59 Å². The second kappa shape index (κ2) is 4.17. The Morgan fingerprint density at radius 3 is 2.82 bits per heavy atom. The number of Topliss-reactive ketones (excluding diaryl/α,β-unsaturated/α-hetero) is 1. The molecule has 0 spiro atoms. The highest BCUT2D eigenvalue weighted by Gasteiger charge is 2.51. The van der Waals surface area contributed by atoms with Crippen molar-refractivity contribution in [3.8, 4) is 0 Å². The minimum Gasteiger partial charge on any atom is -0.468 e. The molecule has 0 saturated heterocycles. The highest BCUT2D eigenvalue weighted by molar-refractivity contribution is 6.16. The molecule has 1 aliphatic carbocycles. The van der Waals surface area contributed by atoms with Crippen molar-refractivity contribution in [1.82, 2.24) is 0 Å². The number of ether oxygens (including phenoxy) is 1. The molecule has 0 aromatic heterocycles. The fraction of sp³-hybridized carbons (Fsp3) is 0.286. The van der Waals surface area contributed by atoms with Crippen molar-refractivity contribution in [3.05, 3.63) is 48.0 Å². The number of benzene rings is 1. The van der Waals surface area contributed by atoms with Gasteiger partial charge in [-0.15, -0.1) is 6.58 Å². The van der Waals surface area contributed by atoms with Crippen LogP contribution in [0.1, 0.15) is 22.3 Å². The van der Waals surface area contributed by atoms with Crippen LogP contribution in [-0.2, 0) is 16.0 Å². The lowest BCUT2D eigenvalue weighted by Crippen LogP contribution is -2.37. The zero-order valence-corrected chi connectivity index (χ0v) is 9.73. The first-order valence-electron chi connectivity index (χ1n) is 5.48. The number of rotatable bonds is 3. The number of esters is 1. The van der Waals surface area contributed by atoms with Gasteiger partial charge in [0.2, 0.25) is 0 Å². The van der Waals surface area contributed by atoms with Gasteiger partial charge in [0.25, 0.3) is 0 Å². The molecule has 2 rings (SSSR count). The Kier molecular flexibility index (Phi) is 2.84. The van der Waals surface area contributed by atoms with E-state index in [1.54, 1.807) is 18.2 Å². The third-order valence-electron chi connectivity index (χ3n) is 3.26. The van der Waals surface area contributed by atoms with E-state index in [0.29, 0.717) is 18.4 Å². The van der Waals surface area contributed by atoms with Gasteiger partial charge >= 0.3 is 5.97 Å². The monoisotopic (exact) mass is 230 g/mol. The molecule has 1 aromatic carbocycles. The van der Waals surface area contributed by atoms with Crippen molar-refractivity contribution in [2.75, 3.05) is 7.11 Å². The van der Waals surface area contributed by atoms with Crippen molar-refractivity contribution in [2.45, 2.75) is 12.8 Å². The molecule has 0 N–H and O–H groups in total. The maximum absolute atomic E-state index is 12.4. The molecule has 1 aromatic rings. The highest BCUT2D eigenvalue weighted by Crippen LogP contribution is 2.40. The standard InChI is InChI=1S/C14H14O3/c1-3-8-14(13(16)17-2)9-10-6-4-5-7-11(10)12(14)15/h3-7H,1,8-9H2,2H3. The first kappa shape index (κ1) is 11.6. The summed E-state index contributed by atoms with van der Waals surface area (Å²) in [7, 11) is 1.31. The van der Waals surface area contributed by atoms with Gasteiger partial charge in [0.05, 0.1) is 7.11 Å². The van der Waals surface area contributed by atoms with Gasteiger partial charge < -0.3 is 4.74 Å². The molecule has 0 bridgehead atoms. The summed E-state index contributed by atoms with van der Waals surface area (Å²) in [4.78, 5) is 24.3.